The number of carboxylic acids is 1. The summed E-state index contributed by atoms with van der Waals surface area (Å²) in [5.41, 5.74) is 10.8. The fraction of sp³-hybridized carbons (Fsp3) is 0.722. The zero-order chi connectivity index (χ0) is 23.3. The van der Waals surface area contributed by atoms with E-state index in [9.17, 15) is 24.0 Å². The first-order valence-corrected chi connectivity index (χ1v) is 11.0. The molecule has 0 fully saturated rings. The second kappa shape index (κ2) is 14.6. The van der Waals surface area contributed by atoms with Gasteiger partial charge in [0.1, 0.15) is 12.1 Å². The van der Waals surface area contributed by atoms with E-state index in [1.54, 1.807) is 0 Å². The van der Waals surface area contributed by atoms with Gasteiger partial charge in [0.05, 0.1) is 12.6 Å². The molecule has 4 amide bonds. The summed E-state index contributed by atoms with van der Waals surface area (Å²) in [6.45, 7) is 3.28. The van der Waals surface area contributed by atoms with Gasteiger partial charge in [-0.05, 0) is 37.2 Å². The molecular formula is C18H33N5O6S. The molecule has 0 aliphatic carbocycles. The Morgan fingerprint density at radius 2 is 1.63 bits per heavy atom. The van der Waals surface area contributed by atoms with E-state index in [4.69, 9.17) is 16.6 Å². The van der Waals surface area contributed by atoms with Crippen LogP contribution in [0, 0.1) is 5.92 Å². The van der Waals surface area contributed by atoms with Crippen LogP contribution in [-0.2, 0) is 24.0 Å². The number of amides is 4. The van der Waals surface area contributed by atoms with Gasteiger partial charge in [-0.2, -0.15) is 11.8 Å². The minimum absolute atomic E-state index is 0.0478. The fourth-order valence-corrected chi connectivity index (χ4v) is 2.91. The molecule has 30 heavy (non-hydrogen) atoms. The number of carboxylic acid groups (broad SMARTS) is 1. The molecule has 0 saturated carbocycles. The van der Waals surface area contributed by atoms with Crippen LogP contribution < -0.4 is 27.4 Å². The van der Waals surface area contributed by atoms with Crippen LogP contribution in [0.2, 0.25) is 0 Å². The fourth-order valence-electron chi connectivity index (χ4n) is 2.44. The van der Waals surface area contributed by atoms with E-state index < -0.39 is 54.3 Å². The molecule has 3 unspecified atom stereocenters. The number of primary amides is 1. The van der Waals surface area contributed by atoms with Gasteiger partial charge in [0.25, 0.3) is 0 Å². The summed E-state index contributed by atoms with van der Waals surface area (Å²) in [6.07, 6.45) is 2.37. The Balaban J connectivity index is 4.79. The van der Waals surface area contributed by atoms with Crippen molar-refractivity contribution in [3.63, 3.8) is 0 Å². The number of thioether (sulfide) groups is 1. The Bertz CT molecular complexity index is 616. The molecule has 172 valence electrons. The van der Waals surface area contributed by atoms with Crippen LogP contribution in [0.4, 0.5) is 0 Å². The van der Waals surface area contributed by atoms with E-state index in [2.05, 4.69) is 16.0 Å². The third kappa shape index (κ3) is 12.3. The molecule has 0 bridgehead atoms. The van der Waals surface area contributed by atoms with Gasteiger partial charge >= 0.3 is 5.97 Å². The van der Waals surface area contributed by atoms with Crippen LogP contribution in [-0.4, -0.2) is 71.4 Å². The van der Waals surface area contributed by atoms with Gasteiger partial charge in [-0.25, -0.2) is 4.79 Å². The van der Waals surface area contributed by atoms with Gasteiger partial charge in [0, 0.05) is 6.42 Å². The number of carbonyl (C=O) groups excluding carboxylic acids is 4. The van der Waals surface area contributed by atoms with E-state index >= 15 is 0 Å². The molecule has 0 radical (unpaired) electrons. The predicted octanol–water partition coefficient (Wildman–Crippen LogP) is -1.45. The van der Waals surface area contributed by atoms with Gasteiger partial charge in [-0.1, -0.05) is 13.8 Å². The Kier molecular flexibility index (Phi) is 13.5. The molecule has 0 spiro atoms. The lowest BCUT2D eigenvalue weighted by molar-refractivity contribution is -0.141. The van der Waals surface area contributed by atoms with E-state index in [0.29, 0.717) is 12.2 Å². The third-order valence-electron chi connectivity index (χ3n) is 4.05. The standard InChI is InChI=1S/C18H33N5O6S/c1-10(2)8-13(23-16(26)11(19)4-5-14(20)24)17(27)21-9-15(25)22-12(18(28)29)6-7-30-3/h10-13H,4-9,19H2,1-3H3,(H2,20,24)(H,21,27)(H,22,25)(H,23,26)(H,28,29). The number of nitrogens with one attached hydrogen (secondary N) is 3. The van der Waals surface area contributed by atoms with Crippen molar-refractivity contribution in [2.75, 3.05) is 18.6 Å². The Morgan fingerprint density at radius 3 is 2.13 bits per heavy atom. The van der Waals surface area contributed by atoms with Gasteiger partial charge in [0.2, 0.25) is 23.6 Å². The van der Waals surface area contributed by atoms with E-state index in [1.807, 2.05) is 20.1 Å². The normalized spacial score (nSPS) is 13.8. The molecule has 0 saturated heterocycles. The minimum Gasteiger partial charge on any atom is -0.480 e. The minimum atomic E-state index is -1.15. The second-order valence-corrected chi connectivity index (χ2v) is 8.25. The summed E-state index contributed by atoms with van der Waals surface area (Å²) in [7, 11) is 0. The largest absolute Gasteiger partial charge is 0.480 e. The lowest BCUT2D eigenvalue weighted by Gasteiger charge is -2.22. The molecule has 0 aliphatic heterocycles. The van der Waals surface area contributed by atoms with Crippen molar-refractivity contribution >= 4 is 41.4 Å². The van der Waals surface area contributed by atoms with Crippen LogP contribution in [0.3, 0.4) is 0 Å². The quantitative estimate of drug-likeness (QED) is 0.175. The molecule has 3 atom stereocenters. The monoisotopic (exact) mass is 447 g/mol. The summed E-state index contributed by atoms with van der Waals surface area (Å²) in [5, 5.41) is 16.4. The molecule has 0 aromatic carbocycles. The Morgan fingerprint density at radius 1 is 1.00 bits per heavy atom. The molecule has 0 rings (SSSR count). The summed E-state index contributed by atoms with van der Waals surface area (Å²) >= 11 is 1.45. The maximum atomic E-state index is 12.5. The molecule has 0 heterocycles. The van der Waals surface area contributed by atoms with Crippen molar-refractivity contribution in [1.29, 1.82) is 0 Å². The average molecular weight is 448 g/mol. The van der Waals surface area contributed by atoms with Crippen LogP contribution in [0.15, 0.2) is 0 Å². The highest BCUT2D eigenvalue weighted by molar-refractivity contribution is 7.98. The van der Waals surface area contributed by atoms with Crippen molar-refractivity contribution in [3.05, 3.63) is 0 Å². The predicted molar refractivity (Wildman–Crippen MR) is 113 cm³/mol. The van der Waals surface area contributed by atoms with Gasteiger partial charge in [-0.3, -0.25) is 19.2 Å². The zero-order valence-electron chi connectivity index (χ0n) is 17.6. The third-order valence-corrected chi connectivity index (χ3v) is 4.69. The number of nitrogens with two attached hydrogens (primary N) is 2. The maximum absolute atomic E-state index is 12.5. The van der Waals surface area contributed by atoms with E-state index in [0.717, 1.165) is 0 Å². The van der Waals surface area contributed by atoms with Crippen LogP contribution in [0.5, 0.6) is 0 Å². The Labute approximate surface area is 180 Å². The van der Waals surface area contributed by atoms with Gasteiger partial charge in [0.15, 0.2) is 0 Å². The second-order valence-electron chi connectivity index (χ2n) is 7.26. The number of rotatable bonds is 15. The number of aliphatic carboxylic acids is 1. The average Bonchev–Trinajstić information content (AvgIpc) is 2.65. The van der Waals surface area contributed by atoms with Crippen LogP contribution >= 0.6 is 11.8 Å². The zero-order valence-corrected chi connectivity index (χ0v) is 18.4. The smallest absolute Gasteiger partial charge is 0.326 e. The van der Waals surface area contributed by atoms with E-state index in [-0.39, 0.29) is 25.2 Å². The van der Waals surface area contributed by atoms with Crippen molar-refractivity contribution in [2.45, 2.75) is 57.7 Å². The van der Waals surface area contributed by atoms with Crippen LogP contribution in [0.25, 0.3) is 0 Å². The molecular weight excluding hydrogens is 414 g/mol. The van der Waals surface area contributed by atoms with E-state index in [1.165, 1.54) is 11.8 Å². The maximum Gasteiger partial charge on any atom is 0.326 e. The SMILES string of the molecule is CSCCC(NC(=O)CNC(=O)C(CC(C)C)NC(=O)C(N)CCC(N)=O)C(=O)O. The van der Waals surface area contributed by atoms with Crippen molar-refractivity contribution in [2.24, 2.45) is 17.4 Å². The molecule has 0 aliphatic rings. The molecule has 11 nitrogen and oxygen atoms in total. The van der Waals surface area contributed by atoms with Crippen molar-refractivity contribution in [3.8, 4) is 0 Å². The van der Waals surface area contributed by atoms with Crippen molar-refractivity contribution < 1.29 is 29.1 Å². The summed E-state index contributed by atoms with van der Waals surface area (Å²) in [5.74, 6) is -2.97. The lowest BCUT2D eigenvalue weighted by atomic mass is 10.0. The lowest BCUT2D eigenvalue weighted by Crippen LogP contribution is -2.54. The summed E-state index contributed by atoms with van der Waals surface area (Å²) < 4.78 is 0. The van der Waals surface area contributed by atoms with Gasteiger partial charge in [-0.15, -0.1) is 0 Å². The first-order valence-electron chi connectivity index (χ1n) is 9.60. The number of hydrogen-bond acceptors (Lipinski definition) is 7. The van der Waals surface area contributed by atoms with Gasteiger partial charge < -0.3 is 32.5 Å². The topological polar surface area (TPSA) is 194 Å². The number of carbonyl (C=O) groups is 5. The summed E-state index contributed by atoms with van der Waals surface area (Å²) in [4.78, 5) is 58.7. The highest BCUT2D eigenvalue weighted by atomic mass is 32.2. The molecule has 0 aromatic heterocycles. The first-order chi connectivity index (χ1) is 14.0. The Hall–Kier alpha value is -2.34. The first kappa shape index (κ1) is 27.7. The summed E-state index contributed by atoms with van der Waals surface area (Å²) in [6, 6.07) is -2.98. The van der Waals surface area contributed by atoms with Crippen molar-refractivity contribution in [1.82, 2.24) is 16.0 Å². The molecule has 0 aromatic rings. The molecule has 12 heteroatoms. The highest BCUT2D eigenvalue weighted by Crippen LogP contribution is 2.06. The van der Waals surface area contributed by atoms with Crippen LogP contribution in [0.1, 0.15) is 39.5 Å². The molecule has 8 N–H and O–H groups in total. The number of hydrogen-bond donors (Lipinski definition) is 6. The highest BCUT2D eigenvalue weighted by Gasteiger charge is 2.26.